The Morgan fingerprint density at radius 1 is 1.04 bits per heavy atom. The van der Waals surface area contributed by atoms with Gasteiger partial charge in [-0.25, -0.2) is 0 Å². The summed E-state index contributed by atoms with van der Waals surface area (Å²) in [6.45, 7) is 4.32. The van der Waals surface area contributed by atoms with E-state index in [1.54, 1.807) is 7.11 Å². The molecule has 0 saturated heterocycles. The van der Waals surface area contributed by atoms with Crippen LogP contribution in [-0.4, -0.2) is 37.1 Å². The van der Waals surface area contributed by atoms with Crippen molar-refractivity contribution in [1.29, 1.82) is 0 Å². The maximum Gasteiger partial charge on any atom is 0.118 e. The zero-order valence-corrected chi connectivity index (χ0v) is 14.1. The van der Waals surface area contributed by atoms with E-state index in [0.29, 0.717) is 0 Å². The van der Waals surface area contributed by atoms with Gasteiger partial charge in [-0.3, -0.25) is 0 Å². The fourth-order valence-electron chi connectivity index (χ4n) is 2.92. The summed E-state index contributed by atoms with van der Waals surface area (Å²) in [5.41, 5.74) is 5.02. The number of fused-ring (bicyclic) bond motifs is 1. The summed E-state index contributed by atoms with van der Waals surface area (Å²) < 4.78 is 5.27. The topological polar surface area (TPSA) is 28.3 Å². The molecule has 0 radical (unpaired) electrons. The number of benzene rings is 2. The number of rotatable bonds is 6. The van der Waals surface area contributed by atoms with Gasteiger partial charge in [0, 0.05) is 23.1 Å². The lowest BCUT2D eigenvalue weighted by molar-refractivity contribution is 0.358. The molecule has 0 fully saturated rings. The van der Waals surface area contributed by atoms with Crippen LogP contribution in [0.15, 0.2) is 48.5 Å². The van der Waals surface area contributed by atoms with E-state index >= 15 is 0 Å². The molecular formula is C20H24N2O. The zero-order chi connectivity index (χ0) is 16.2. The van der Waals surface area contributed by atoms with Crippen LogP contribution in [-0.2, 0) is 6.42 Å². The molecule has 23 heavy (non-hydrogen) atoms. The van der Waals surface area contributed by atoms with Gasteiger partial charge in [-0.2, -0.15) is 0 Å². The molecule has 0 aliphatic carbocycles. The van der Waals surface area contributed by atoms with Gasteiger partial charge in [0.1, 0.15) is 5.75 Å². The first-order chi connectivity index (χ1) is 11.2. The van der Waals surface area contributed by atoms with Crippen molar-refractivity contribution in [2.24, 2.45) is 0 Å². The average molecular weight is 308 g/mol. The SMILES string of the molecule is CCN(C)CCc1c(-c2ccc(OC)cc2)[nH]c2ccccc12. The molecule has 0 saturated carbocycles. The van der Waals surface area contributed by atoms with Gasteiger partial charge in [0.15, 0.2) is 0 Å². The summed E-state index contributed by atoms with van der Waals surface area (Å²) in [5.74, 6) is 0.886. The van der Waals surface area contributed by atoms with Crippen LogP contribution in [0.1, 0.15) is 12.5 Å². The fraction of sp³-hybridized carbons (Fsp3) is 0.300. The highest BCUT2D eigenvalue weighted by atomic mass is 16.5. The van der Waals surface area contributed by atoms with E-state index in [1.807, 2.05) is 12.1 Å². The van der Waals surface area contributed by atoms with Crippen LogP contribution >= 0.6 is 0 Å². The molecule has 1 N–H and O–H groups in total. The van der Waals surface area contributed by atoms with Gasteiger partial charge in [-0.05, 0) is 61.5 Å². The number of aromatic amines is 1. The van der Waals surface area contributed by atoms with E-state index in [-0.39, 0.29) is 0 Å². The summed E-state index contributed by atoms with van der Waals surface area (Å²) in [6, 6.07) is 16.8. The third-order valence-electron chi connectivity index (χ3n) is 4.48. The first kappa shape index (κ1) is 15.6. The van der Waals surface area contributed by atoms with Gasteiger partial charge in [0.2, 0.25) is 0 Å². The molecular weight excluding hydrogens is 284 g/mol. The van der Waals surface area contributed by atoms with Crippen molar-refractivity contribution in [2.75, 3.05) is 27.2 Å². The maximum absolute atomic E-state index is 5.27. The third kappa shape index (κ3) is 3.25. The minimum absolute atomic E-state index is 0.886. The molecule has 120 valence electrons. The summed E-state index contributed by atoms with van der Waals surface area (Å²) in [6.07, 6.45) is 1.04. The van der Waals surface area contributed by atoms with Gasteiger partial charge in [-0.15, -0.1) is 0 Å². The number of hydrogen-bond donors (Lipinski definition) is 1. The molecule has 1 aromatic heterocycles. The van der Waals surface area contributed by atoms with Crippen molar-refractivity contribution < 1.29 is 4.74 Å². The predicted octanol–water partition coefficient (Wildman–Crippen LogP) is 4.34. The molecule has 3 nitrogen and oxygen atoms in total. The summed E-state index contributed by atoms with van der Waals surface area (Å²) in [5, 5.41) is 1.32. The quantitative estimate of drug-likeness (QED) is 0.734. The zero-order valence-electron chi connectivity index (χ0n) is 14.1. The highest BCUT2D eigenvalue weighted by molar-refractivity contribution is 5.90. The smallest absolute Gasteiger partial charge is 0.118 e. The Labute approximate surface area is 137 Å². The number of methoxy groups -OCH3 is 1. The normalized spacial score (nSPS) is 11.3. The molecule has 2 aromatic carbocycles. The molecule has 0 aliphatic rings. The second-order valence-electron chi connectivity index (χ2n) is 5.90. The molecule has 3 rings (SSSR count). The van der Waals surface area contributed by atoms with E-state index in [0.717, 1.165) is 25.3 Å². The van der Waals surface area contributed by atoms with Crippen LogP contribution in [0.4, 0.5) is 0 Å². The highest BCUT2D eigenvalue weighted by Gasteiger charge is 2.13. The Balaban J connectivity index is 2.03. The minimum Gasteiger partial charge on any atom is -0.497 e. The number of H-pyrrole nitrogens is 1. The van der Waals surface area contributed by atoms with Crippen LogP contribution in [0.2, 0.25) is 0 Å². The number of likely N-dealkylation sites (N-methyl/N-ethyl adjacent to an activating group) is 1. The molecule has 0 aliphatic heterocycles. The Morgan fingerprint density at radius 2 is 1.78 bits per heavy atom. The highest BCUT2D eigenvalue weighted by Crippen LogP contribution is 2.31. The Hall–Kier alpha value is -2.26. The van der Waals surface area contributed by atoms with E-state index in [1.165, 1.54) is 27.7 Å². The van der Waals surface area contributed by atoms with Crippen LogP contribution in [0.3, 0.4) is 0 Å². The van der Waals surface area contributed by atoms with Crippen LogP contribution in [0, 0.1) is 0 Å². The number of para-hydroxylation sites is 1. The monoisotopic (exact) mass is 308 g/mol. The number of ether oxygens (including phenoxy) is 1. The Kier molecular flexibility index (Phi) is 4.68. The molecule has 0 atom stereocenters. The molecule has 0 bridgehead atoms. The second kappa shape index (κ2) is 6.88. The van der Waals surface area contributed by atoms with Gasteiger partial charge >= 0.3 is 0 Å². The first-order valence-electron chi connectivity index (χ1n) is 8.15. The maximum atomic E-state index is 5.27. The van der Waals surface area contributed by atoms with E-state index in [4.69, 9.17) is 4.74 Å². The minimum atomic E-state index is 0.886. The number of nitrogens with zero attached hydrogens (tertiary/aromatic N) is 1. The van der Waals surface area contributed by atoms with Crippen molar-refractivity contribution in [3.05, 3.63) is 54.1 Å². The number of aromatic nitrogens is 1. The number of hydrogen-bond acceptors (Lipinski definition) is 2. The molecule has 0 unspecified atom stereocenters. The second-order valence-corrected chi connectivity index (χ2v) is 5.90. The molecule has 3 aromatic rings. The Bertz CT molecular complexity index is 774. The lowest BCUT2D eigenvalue weighted by atomic mass is 10.0. The summed E-state index contributed by atoms with van der Waals surface area (Å²) >= 11 is 0. The lowest BCUT2D eigenvalue weighted by Gasteiger charge is -2.14. The third-order valence-corrected chi connectivity index (χ3v) is 4.48. The van der Waals surface area contributed by atoms with Gasteiger partial charge < -0.3 is 14.6 Å². The van der Waals surface area contributed by atoms with Crippen molar-refractivity contribution in [3.63, 3.8) is 0 Å². The van der Waals surface area contributed by atoms with Crippen molar-refractivity contribution in [1.82, 2.24) is 9.88 Å². The lowest BCUT2D eigenvalue weighted by Crippen LogP contribution is -2.20. The Morgan fingerprint density at radius 3 is 2.48 bits per heavy atom. The van der Waals surface area contributed by atoms with Gasteiger partial charge in [0.25, 0.3) is 0 Å². The van der Waals surface area contributed by atoms with E-state index in [2.05, 4.69) is 60.3 Å². The first-order valence-corrected chi connectivity index (χ1v) is 8.15. The molecule has 1 heterocycles. The van der Waals surface area contributed by atoms with Gasteiger partial charge in [-0.1, -0.05) is 25.1 Å². The summed E-state index contributed by atoms with van der Waals surface area (Å²) in [7, 11) is 3.87. The van der Waals surface area contributed by atoms with Crippen molar-refractivity contribution in [3.8, 4) is 17.0 Å². The number of nitrogens with one attached hydrogen (secondary N) is 1. The predicted molar refractivity (Wildman–Crippen MR) is 97.2 cm³/mol. The van der Waals surface area contributed by atoms with E-state index in [9.17, 15) is 0 Å². The van der Waals surface area contributed by atoms with Crippen molar-refractivity contribution in [2.45, 2.75) is 13.3 Å². The largest absolute Gasteiger partial charge is 0.497 e. The standard InChI is InChI=1S/C20H24N2O/c1-4-22(2)14-13-18-17-7-5-6-8-19(17)21-20(18)15-9-11-16(23-3)12-10-15/h5-12,21H,4,13-14H2,1-3H3. The summed E-state index contributed by atoms with van der Waals surface area (Å²) in [4.78, 5) is 5.95. The average Bonchev–Trinajstić information content (AvgIpc) is 2.98. The fourth-order valence-corrected chi connectivity index (χ4v) is 2.92. The molecule has 0 amide bonds. The molecule has 3 heteroatoms. The van der Waals surface area contributed by atoms with Gasteiger partial charge in [0.05, 0.1) is 7.11 Å². The van der Waals surface area contributed by atoms with Crippen LogP contribution in [0.5, 0.6) is 5.75 Å². The van der Waals surface area contributed by atoms with Crippen LogP contribution in [0.25, 0.3) is 22.2 Å². The molecule has 0 spiro atoms. The van der Waals surface area contributed by atoms with Crippen LogP contribution < -0.4 is 4.74 Å². The van der Waals surface area contributed by atoms with E-state index < -0.39 is 0 Å². The van der Waals surface area contributed by atoms with Crippen molar-refractivity contribution >= 4 is 10.9 Å².